The molecule has 13 nitrogen and oxygen atoms in total. The van der Waals surface area contributed by atoms with E-state index in [2.05, 4.69) is 0 Å². The van der Waals surface area contributed by atoms with Crippen LogP contribution in [0.2, 0.25) is 10.0 Å². The van der Waals surface area contributed by atoms with Gasteiger partial charge >= 0.3 is 0 Å². The van der Waals surface area contributed by atoms with Gasteiger partial charge in [-0.25, -0.2) is 14.4 Å². The summed E-state index contributed by atoms with van der Waals surface area (Å²) in [7, 11) is -3.85. The number of fused-ring (bicyclic) bond motifs is 2. The molecule has 18 heteroatoms. The molecule has 0 N–H and O–H groups in total. The van der Waals surface area contributed by atoms with Crippen molar-refractivity contribution >= 4 is 56.4 Å². The van der Waals surface area contributed by atoms with Gasteiger partial charge in [0.2, 0.25) is 11.8 Å². The van der Waals surface area contributed by atoms with Crippen molar-refractivity contribution in [1.82, 2.24) is 28.6 Å². The van der Waals surface area contributed by atoms with Crippen LogP contribution in [0.15, 0.2) is 114 Å². The molecule has 0 unspecified atom stereocenters. The standard InChI is InChI=1S/C28H30ClN3O5S.C21H23ClFN3O2.FH/c1-4-31(5-2)27(33)18-25-28(30-26-15-10-22(29)19-32(25)26)21-8-11-23(12-9-21)36-16-17-37-38(34,35)24-13-6-20(3)7-14-24;1-3-25(4-2)20(27)13-18-21(24-19-10-7-16(22)14-26(18)19)15-5-8-17(9-6-15)28-12-11-23;/h6-15,19H,4-5,16-18H2,1-3H3;5-10,14H,3-4,11-13H2,1-2H3;1H. The zero-order chi connectivity index (χ0) is 47.4. The molecule has 0 spiro atoms. The normalized spacial score (nSPS) is 11.2. The SMILES string of the molecule is CCN(CC)C(=O)Cc1c(-c2ccc(OCCF)cc2)nc2ccc(Cl)cn12.CCN(CC)C(=O)Cc1c(-c2ccc(OCCOS(=O)(=O)c3ccc(C)cc3)cc2)nc2ccc(Cl)cn12.F. The van der Waals surface area contributed by atoms with Gasteiger partial charge in [0, 0.05) is 49.7 Å². The van der Waals surface area contributed by atoms with Crippen LogP contribution in [0.3, 0.4) is 0 Å². The first-order valence-corrected chi connectivity index (χ1v) is 23.8. The van der Waals surface area contributed by atoms with E-state index in [1.807, 2.05) is 79.8 Å². The number of aryl methyl sites for hydroxylation is 1. The number of carbonyl (C=O) groups is 2. The molecule has 0 aliphatic rings. The van der Waals surface area contributed by atoms with Gasteiger partial charge < -0.3 is 28.1 Å². The first kappa shape index (κ1) is 51.9. The summed E-state index contributed by atoms with van der Waals surface area (Å²) in [4.78, 5) is 38.9. The van der Waals surface area contributed by atoms with Gasteiger partial charge in [-0.3, -0.25) is 18.5 Å². The molecule has 0 saturated carbocycles. The summed E-state index contributed by atoms with van der Waals surface area (Å²) in [5.41, 5.74) is 7.00. The number of alkyl halides is 1. The van der Waals surface area contributed by atoms with E-state index in [-0.39, 0.29) is 54.1 Å². The van der Waals surface area contributed by atoms with E-state index in [1.54, 1.807) is 70.7 Å². The molecule has 0 aliphatic heterocycles. The highest BCUT2D eigenvalue weighted by atomic mass is 35.5. The molecule has 4 heterocycles. The van der Waals surface area contributed by atoms with Gasteiger partial charge in [0.25, 0.3) is 10.1 Å². The number of halogens is 4. The lowest BCUT2D eigenvalue weighted by molar-refractivity contribution is -0.131. The molecular formula is C49H54Cl2F2N6O7S. The maximum Gasteiger partial charge on any atom is 0.297 e. The third-order valence-corrected chi connectivity index (χ3v) is 12.5. The minimum absolute atomic E-state index is 0. The molecular weight excluding hydrogens is 926 g/mol. The van der Waals surface area contributed by atoms with Crippen molar-refractivity contribution in [2.75, 3.05) is 52.7 Å². The highest BCUT2D eigenvalue weighted by Crippen LogP contribution is 2.30. The topological polar surface area (TPSA) is 137 Å². The molecule has 2 amide bonds. The summed E-state index contributed by atoms with van der Waals surface area (Å²) in [6, 6.07) is 28.2. The van der Waals surface area contributed by atoms with Crippen molar-refractivity contribution < 1.29 is 40.8 Å². The molecule has 0 fully saturated rings. The van der Waals surface area contributed by atoms with Crippen molar-refractivity contribution in [1.29, 1.82) is 0 Å². The predicted molar refractivity (Wildman–Crippen MR) is 258 cm³/mol. The summed E-state index contributed by atoms with van der Waals surface area (Å²) in [5, 5.41) is 1.12. The Kier molecular flexibility index (Phi) is 18.7. The largest absolute Gasteiger partial charge is 0.491 e. The second-order valence-corrected chi connectivity index (χ2v) is 17.5. The quantitative estimate of drug-likeness (QED) is 0.0573. The third-order valence-electron chi connectivity index (χ3n) is 10.7. The Balaban J connectivity index is 0.000000258. The van der Waals surface area contributed by atoms with Gasteiger partial charge in [-0.15, -0.1) is 0 Å². The van der Waals surface area contributed by atoms with Gasteiger partial charge in [0.1, 0.15) is 49.3 Å². The van der Waals surface area contributed by atoms with E-state index in [4.69, 9.17) is 46.8 Å². The van der Waals surface area contributed by atoms with E-state index in [1.165, 1.54) is 12.1 Å². The van der Waals surface area contributed by atoms with Crippen LogP contribution in [-0.2, 0) is 36.7 Å². The molecule has 356 valence electrons. The lowest BCUT2D eigenvalue weighted by Gasteiger charge is -2.18. The van der Waals surface area contributed by atoms with Gasteiger partial charge in [0.15, 0.2) is 0 Å². The maximum atomic E-state index is 12.9. The molecule has 0 bridgehead atoms. The van der Waals surface area contributed by atoms with Crippen molar-refractivity contribution in [3.8, 4) is 34.0 Å². The van der Waals surface area contributed by atoms with E-state index in [0.29, 0.717) is 59.1 Å². The number of benzene rings is 3. The van der Waals surface area contributed by atoms with Crippen molar-refractivity contribution in [3.05, 3.63) is 136 Å². The second kappa shape index (κ2) is 24.1. The molecule has 7 aromatic rings. The Morgan fingerprint density at radius 2 is 1.03 bits per heavy atom. The fourth-order valence-corrected chi connectivity index (χ4v) is 8.46. The fourth-order valence-electron chi connectivity index (χ4n) is 7.25. The smallest absolute Gasteiger partial charge is 0.297 e. The molecule has 0 saturated heterocycles. The molecule has 4 aromatic heterocycles. The number of likely N-dealkylation sites (N-methyl/N-ethyl adjacent to an activating group) is 2. The molecule has 0 aliphatic carbocycles. The van der Waals surface area contributed by atoms with Crippen LogP contribution in [0, 0.1) is 6.92 Å². The van der Waals surface area contributed by atoms with Gasteiger partial charge in [0.05, 0.1) is 50.6 Å². The van der Waals surface area contributed by atoms with E-state index >= 15 is 0 Å². The summed E-state index contributed by atoms with van der Waals surface area (Å²) in [6.45, 7) is 11.7. The Morgan fingerprint density at radius 1 is 0.612 bits per heavy atom. The fraction of sp³-hybridized carbons (Fsp3) is 0.306. The van der Waals surface area contributed by atoms with E-state index < -0.39 is 16.8 Å². The summed E-state index contributed by atoms with van der Waals surface area (Å²) in [5.74, 6) is 1.20. The number of pyridine rings is 2. The summed E-state index contributed by atoms with van der Waals surface area (Å²) < 4.78 is 56.7. The molecule has 0 atom stereocenters. The summed E-state index contributed by atoms with van der Waals surface area (Å²) >= 11 is 12.4. The average Bonchev–Trinajstić information content (AvgIpc) is 3.85. The van der Waals surface area contributed by atoms with Crippen LogP contribution in [0.5, 0.6) is 11.5 Å². The maximum absolute atomic E-state index is 12.9. The number of imidazole rings is 2. The first-order valence-electron chi connectivity index (χ1n) is 21.7. The molecule has 7 rings (SSSR count). The van der Waals surface area contributed by atoms with Crippen LogP contribution in [-0.4, -0.2) is 101 Å². The van der Waals surface area contributed by atoms with Gasteiger partial charge in [-0.1, -0.05) is 40.9 Å². The van der Waals surface area contributed by atoms with Crippen LogP contribution in [0.1, 0.15) is 44.6 Å². The number of ether oxygens (including phenoxy) is 2. The number of carbonyl (C=O) groups excluding carboxylic acids is 2. The number of nitrogens with zero attached hydrogens (tertiary/aromatic N) is 6. The summed E-state index contributed by atoms with van der Waals surface area (Å²) in [6.07, 6.45) is 3.94. The molecule has 3 aromatic carbocycles. The Bertz CT molecular complexity index is 2850. The molecule has 67 heavy (non-hydrogen) atoms. The molecule has 0 radical (unpaired) electrons. The first-order chi connectivity index (χ1) is 31.8. The monoisotopic (exact) mass is 978 g/mol. The Morgan fingerprint density at radius 3 is 1.43 bits per heavy atom. The number of rotatable bonds is 19. The second-order valence-electron chi connectivity index (χ2n) is 15.0. The van der Waals surface area contributed by atoms with Crippen LogP contribution < -0.4 is 9.47 Å². The predicted octanol–water partition coefficient (Wildman–Crippen LogP) is 9.72. The van der Waals surface area contributed by atoms with Crippen molar-refractivity contribution in [3.63, 3.8) is 0 Å². The van der Waals surface area contributed by atoms with Crippen LogP contribution in [0.25, 0.3) is 33.8 Å². The van der Waals surface area contributed by atoms with Crippen molar-refractivity contribution in [2.45, 2.75) is 52.4 Å². The average molecular weight is 980 g/mol. The van der Waals surface area contributed by atoms with E-state index in [0.717, 1.165) is 39.4 Å². The minimum atomic E-state index is -3.85. The number of amides is 2. The van der Waals surface area contributed by atoms with Crippen LogP contribution >= 0.6 is 23.2 Å². The Hall–Kier alpha value is -6.07. The van der Waals surface area contributed by atoms with Gasteiger partial charge in [-0.05, 0) is 120 Å². The lowest BCUT2D eigenvalue weighted by atomic mass is 10.1. The highest BCUT2D eigenvalue weighted by Gasteiger charge is 2.22. The zero-order valence-electron chi connectivity index (χ0n) is 38.0. The van der Waals surface area contributed by atoms with Gasteiger partial charge in [-0.2, -0.15) is 8.42 Å². The third kappa shape index (κ3) is 13.1. The number of aromatic nitrogens is 4. The van der Waals surface area contributed by atoms with Crippen LogP contribution in [0.4, 0.5) is 9.09 Å². The van der Waals surface area contributed by atoms with E-state index in [9.17, 15) is 22.4 Å². The highest BCUT2D eigenvalue weighted by molar-refractivity contribution is 7.86. The minimum Gasteiger partial charge on any atom is -0.491 e. The van der Waals surface area contributed by atoms with Crippen molar-refractivity contribution in [2.24, 2.45) is 0 Å². The number of hydrogen-bond donors (Lipinski definition) is 0. The number of hydrogen-bond acceptors (Lipinski definition) is 9. The Labute approximate surface area is 399 Å². The zero-order valence-corrected chi connectivity index (χ0v) is 40.3. The lowest BCUT2D eigenvalue weighted by Crippen LogP contribution is -2.32.